The van der Waals surface area contributed by atoms with Gasteiger partial charge in [-0.1, -0.05) is 46.9 Å². The maximum Gasteiger partial charge on any atom is 0.306 e. The van der Waals surface area contributed by atoms with Gasteiger partial charge in [0.1, 0.15) is 0 Å². The van der Waals surface area contributed by atoms with E-state index in [1.54, 1.807) is 0 Å². The molecule has 0 aromatic heterocycles. The van der Waals surface area contributed by atoms with Gasteiger partial charge in [0.2, 0.25) is 0 Å². The van der Waals surface area contributed by atoms with Crippen LogP contribution in [0, 0.1) is 12.8 Å². The molecule has 1 saturated heterocycles. The highest BCUT2D eigenvalue weighted by Gasteiger charge is 2.25. The Morgan fingerprint density at radius 3 is 2.32 bits per heavy atom. The van der Waals surface area contributed by atoms with Gasteiger partial charge in [-0.2, -0.15) is 0 Å². The fraction of sp³-hybridized carbons (Fsp3) is 0.292. The number of aliphatic carboxylic acids is 1. The van der Waals surface area contributed by atoms with Gasteiger partial charge >= 0.3 is 5.97 Å². The zero-order valence-electron chi connectivity index (χ0n) is 17.1. The monoisotopic (exact) mass is 476 g/mol. The topological polar surface area (TPSA) is 52.6 Å². The van der Waals surface area contributed by atoms with Crippen LogP contribution in [0.5, 0.6) is 0 Å². The molecule has 3 aromatic rings. The number of fused-ring (bicyclic) bond motifs is 1. The number of nitrogens with one attached hydrogen (secondary N) is 1. The maximum absolute atomic E-state index is 11.3. The molecule has 3 aromatic carbocycles. The SMILES string of the molecule is Cc1ccc(CNc2ccc(N3CCC(C(=O)O)CC3)c3cc(Cl)c(Cl)cc23)cc1Cl. The fourth-order valence-electron chi connectivity index (χ4n) is 4.06. The molecule has 0 bridgehead atoms. The van der Waals surface area contributed by atoms with E-state index in [9.17, 15) is 9.90 Å². The van der Waals surface area contributed by atoms with Gasteiger partial charge in [-0.05, 0) is 61.2 Å². The molecule has 2 N–H and O–H groups in total. The van der Waals surface area contributed by atoms with Crippen LogP contribution in [0.1, 0.15) is 24.0 Å². The van der Waals surface area contributed by atoms with Crippen molar-refractivity contribution in [2.45, 2.75) is 26.3 Å². The number of hydrogen-bond acceptors (Lipinski definition) is 3. The number of anilines is 2. The number of halogens is 3. The number of nitrogens with zero attached hydrogens (tertiary/aromatic N) is 1. The molecule has 162 valence electrons. The third-order valence-corrected chi connectivity index (χ3v) is 7.07. The maximum atomic E-state index is 11.3. The zero-order chi connectivity index (χ0) is 22.1. The number of benzene rings is 3. The van der Waals surface area contributed by atoms with Crippen LogP contribution in [0.2, 0.25) is 15.1 Å². The number of carboxylic acid groups (broad SMARTS) is 1. The van der Waals surface area contributed by atoms with E-state index in [1.165, 1.54) is 0 Å². The van der Waals surface area contributed by atoms with E-state index in [0.29, 0.717) is 42.5 Å². The molecule has 4 nitrogen and oxygen atoms in total. The van der Waals surface area contributed by atoms with E-state index in [4.69, 9.17) is 34.8 Å². The second kappa shape index (κ2) is 9.15. The molecular formula is C24H23Cl3N2O2. The van der Waals surface area contributed by atoms with Crippen LogP contribution in [0.4, 0.5) is 11.4 Å². The Bertz CT molecular complexity index is 1140. The summed E-state index contributed by atoms with van der Waals surface area (Å²) in [4.78, 5) is 13.5. The minimum atomic E-state index is -0.713. The quantitative estimate of drug-likeness (QED) is 0.414. The van der Waals surface area contributed by atoms with E-state index >= 15 is 0 Å². The third kappa shape index (κ3) is 4.72. The predicted molar refractivity (Wildman–Crippen MR) is 130 cm³/mol. The number of hydrogen-bond donors (Lipinski definition) is 2. The first-order chi connectivity index (χ1) is 14.8. The molecule has 31 heavy (non-hydrogen) atoms. The average molecular weight is 478 g/mol. The number of carboxylic acids is 1. The normalized spacial score (nSPS) is 14.8. The van der Waals surface area contributed by atoms with Crippen LogP contribution in [0.25, 0.3) is 10.8 Å². The van der Waals surface area contributed by atoms with E-state index in [0.717, 1.165) is 38.3 Å². The second-order valence-electron chi connectivity index (χ2n) is 7.98. The Kier molecular flexibility index (Phi) is 6.52. The van der Waals surface area contributed by atoms with E-state index in [2.05, 4.69) is 22.3 Å². The lowest BCUT2D eigenvalue weighted by atomic mass is 9.95. The fourth-order valence-corrected chi connectivity index (χ4v) is 4.59. The van der Waals surface area contributed by atoms with Gasteiger partial charge < -0.3 is 15.3 Å². The van der Waals surface area contributed by atoms with Gasteiger partial charge in [0, 0.05) is 46.8 Å². The summed E-state index contributed by atoms with van der Waals surface area (Å²) in [5.41, 5.74) is 4.13. The summed E-state index contributed by atoms with van der Waals surface area (Å²) in [7, 11) is 0. The van der Waals surface area contributed by atoms with Crippen molar-refractivity contribution in [3.05, 3.63) is 68.7 Å². The van der Waals surface area contributed by atoms with Crippen molar-refractivity contribution in [1.82, 2.24) is 0 Å². The third-order valence-electron chi connectivity index (χ3n) is 5.94. The van der Waals surface area contributed by atoms with Crippen molar-refractivity contribution >= 4 is 62.9 Å². The van der Waals surface area contributed by atoms with Gasteiger partial charge in [0.05, 0.1) is 16.0 Å². The van der Waals surface area contributed by atoms with Crippen LogP contribution in [0.3, 0.4) is 0 Å². The molecule has 1 aliphatic rings. The number of rotatable bonds is 5. The largest absolute Gasteiger partial charge is 0.481 e. The smallest absolute Gasteiger partial charge is 0.306 e. The summed E-state index contributed by atoms with van der Waals surface area (Å²) in [5, 5.41) is 16.5. The molecule has 0 radical (unpaired) electrons. The van der Waals surface area contributed by atoms with Crippen LogP contribution >= 0.6 is 34.8 Å². The first-order valence-corrected chi connectivity index (χ1v) is 11.4. The lowest BCUT2D eigenvalue weighted by Gasteiger charge is -2.33. The second-order valence-corrected chi connectivity index (χ2v) is 9.20. The van der Waals surface area contributed by atoms with E-state index < -0.39 is 5.97 Å². The molecule has 1 fully saturated rings. The highest BCUT2D eigenvalue weighted by molar-refractivity contribution is 6.43. The molecule has 0 spiro atoms. The van der Waals surface area contributed by atoms with Gasteiger partial charge in [0.25, 0.3) is 0 Å². The summed E-state index contributed by atoms with van der Waals surface area (Å²) in [6, 6.07) is 13.9. The Balaban J connectivity index is 1.65. The van der Waals surface area contributed by atoms with Crippen molar-refractivity contribution in [2.24, 2.45) is 5.92 Å². The summed E-state index contributed by atoms with van der Waals surface area (Å²) >= 11 is 19.0. The van der Waals surface area contributed by atoms with Crippen LogP contribution in [-0.4, -0.2) is 24.2 Å². The zero-order valence-corrected chi connectivity index (χ0v) is 19.4. The van der Waals surface area contributed by atoms with Gasteiger partial charge in [-0.25, -0.2) is 0 Å². The number of piperidine rings is 1. The minimum Gasteiger partial charge on any atom is -0.481 e. The Morgan fingerprint density at radius 1 is 1.00 bits per heavy atom. The number of carbonyl (C=O) groups is 1. The molecule has 1 aliphatic heterocycles. The van der Waals surface area contributed by atoms with E-state index in [-0.39, 0.29) is 5.92 Å². The van der Waals surface area contributed by atoms with Crippen LogP contribution in [-0.2, 0) is 11.3 Å². The van der Waals surface area contributed by atoms with Crippen molar-refractivity contribution in [2.75, 3.05) is 23.3 Å². The standard InChI is InChI=1S/C24H23Cl3N2O2/c1-14-2-3-15(10-19(14)25)13-28-22-4-5-23(18-12-21(27)20(26)11-17(18)22)29-8-6-16(7-9-29)24(30)31/h2-5,10-12,16,28H,6-9,13H2,1H3,(H,30,31). The van der Waals surface area contributed by atoms with Crippen molar-refractivity contribution < 1.29 is 9.90 Å². The molecule has 0 saturated carbocycles. The van der Waals surface area contributed by atoms with Gasteiger partial charge in [-0.3, -0.25) is 4.79 Å². The van der Waals surface area contributed by atoms with Gasteiger partial charge in [-0.15, -0.1) is 0 Å². The lowest BCUT2D eigenvalue weighted by Crippen LogP contribution is -2.36. The molecule has 4 rings (SSSR count). The first kappa shape index (κ1) is 22.1. The highest BCUT2D eigenvalue weighted by Crippen LogP contribution is 2.39. The lowest BCUT2D eigenvalue weighted by molar-refractivity contribution is -0.142. The Morgan fingerprint density at radius 2 is 1.68 bits per heavy atom. The van der Waals surface area contributed by atoms with Gasteiger partial charge in [0.15, 0.2) is 0 Å². The summed E-state index contributed by atoms with van der Waals surface area (Å²) in [6.07, 6.45) is 1.26. The van der Waals surface area contributed by atoms with Crippen LogP contribution < -0.4 is 10.2 Å². The highest BCUT2D eigenvalue weighted by atomic mass is 35.5. The van der Waals surface area contributed by atoms with Crippen molar-refractivity contribution in [3.63, 3.8) is 0 Å². The average Bonchev–Trinajstić information content (AvgIpc) is 2.75. The first-order valence-electron chi connectivity index (χ1n) is 10.2. The molecule has 0 amide bonds. The van der Waals surface area contributed by atoms with Crippen molar-refractivity contribution in [1.29, 1.82) is 0 Å². The molecular weight excluding hydrogens is 455 g/mol. The molecule has 0 atom stereocenters. The van der Waals surface area contributed by atoms with Crippen LogP contribution in [0.15, 0.2) is 42.5 Å². The molecule has 0 unspecified atom stereocenters. The summed E-state index contributed by atoms with van der Waals surface area (Å²) in [5.74, 6) is -0.988. The Labute approximate surface area is 196 Å². The molecule has 0 aliphatic carbocycles. The minimum absolute atomic E-state index is 0.275. The Hall–Kier alpha value is -2.14. The number of aryl methyl sites for hydroxylation is 1. The summed E-state index contributed by atoms with van der Waals surface area (Å²) in [6.45, 7) is 4.00. The van der Waals surface area contributed by atoms with Crippen molar-refractivity contribution in [3.8, 4) is 0 Å². The predicted octanol–water partition coefficient (Wildman–Crippen LogP) is 7.02. The summed E-state index contributed by atoms with van der Waals surface area (Å²) < 4.78 is 0. The van der Waals surface area contributed by atoms with E-state index in [1.807, 2.05) is 37.3 Å². The molecule has 7 heteroatoms. The molecule has 1 heterocycles.